The van der Waals surface area contributed by atoms with Gasteiger partial charge >= 0.3 is 18.2 Å². The predicted octanol–water partition coefficient (Wildman–Crippen LogP) is 2.23. The summed E-state index contributed by atoms with van der Waals surface area (Å²) in [7, 11) is 0. The van der Waals surface area contributed by atoms with Crippen LogP contribution < -0.4 is 5.32 Å². The van der Waals surface area contributed by atoms with E-state index in [2.05, 4.69) is 5.32 Å². The Morgan fingerprint density at radius 3 is 2.42 bits per heavy atom. The van der Waals surface area contributed by atoms with E-state index in [0.717, 1.165) is 5.56 Å². The fourth-order valence-corrected chi connectivity index (χ4v) is 2.62. The quantitative estimate of drug-likeness (QED) is 0.849. The first-order valence-electron chi connectivity index (χ1n) is 8.33. The highest BCUT2D eigenvalue weighted by molar-refractivity contribution is 5.77. The average Bonchev–Trinajstić information content (AvgIpc) is 2.95. The van der Waals surface area contributed by atoms with E-state index in [0.29, 0.717) is 0 Å². The maximum Gasteiger partial charge on any atom is 0.410 e. The average molecular weight is 364 g/mol. The minimum atomic E-state index is -1.09. The van der Waals surface area contributed by atoms with E-state index in [1.54, 1.807) is 20.8 Å². The van der Waals surface area contributed by atoms with Crippen LogP contribution in [0.5, 0.6) is 0 Å². The molecule has 1 saturated heterocycles. The summed E-state index contributed by atoms with van der Waals surface area (Å²) in [5.41, 5.74) is 0.133. The van der Waals surface area contributed by atoms with Gasteiger partial charge in [-0.05, 0) is 26.3 Å². The van der Waals surface area contributed by atoms with Gasteiger partial charge in [0.15, 0.2) is 0 Å². The lowest BCUT2D eigenvalue weighted by molar-refractivity contribution is -0.141. The third kappa shape index (κ3) is 5.65. The van der Waals surface area contributed by atoms with Crippen molar-refractivity contribution in [1.82, 2.24) is 10.2 Å². The second-order valence-corrected chi connectivity index (χ2v) is 7.14. The predicted molar refractivity (Wildman–Crippen MR) is 92.5 cm³/mol. The summed E-state index contributed by atoms with van der Waals surface area (Å²) >= 11 is 0. The summed E-state index contributed by atoms with van der Waals surface area (Å²) < 4.78 is 10.4. The van der Waals surface area contributed by atoms with Crippen LogP contribution in [0.3, 0.4) is 0 Å². The number of likely N-dealkylation sites (tertiary alicyclic amines) is 1. The van der Waals surface area contributed by atoms with Crippen LogP contribution in [-0.4, -0.2) is 52.9 Å². The first kappa shape index (κ1) is 19.6. The van der Waals surface area contributed by atoms with Crippen molar-refractivity contribution in [1.29, 1.82) is 0 Å². The number of amides is 2. The Kier molecular flexibility index (Phi) is 6.07. The molecule has 1 fully saturated rings. The molecule has 1 heterocycles. The summed E-state index contributed by atoms with van der Waals surface area (Å²) in [5, 5.41) is 11.9. The van der Waals surface area contributed by atoms with Crippen molar-refractivity contribution in [3.05, 3.63) is 35.9 Å². The van der Waals surface area contributed by atoms with Crippen molar-refractivity contribution in [3.8, 4) is 0 Å². The second kappa shape index (κ2) is 8.07. The number of hydrogen-bond donors (Lipinski definition) is 2. The Morgan fingerprint density at radius 2 is 1.85 bits per heavy atom. The second-order valence-electron chi connectivity index (χ2n) is 7.14. The van der Waals surface area contributed by atoms with Crippen molar-refractivity contribution in [2.45, 2.75) is 39.0 Å². The highest BCUT2D eigenvalue weighted by Gasteiger charge is 2.41. The van der Waals surface area contributed by atoms with E-state index in [-0.39, 0.29) is 19.7 Å². The minimum absolute atomic E-state index is 0.0383. The molecule has 0 saturated carbocycles. The van der Waals surface area contributed by atoms with E-state index >= 15 is 0 Å². The largest absolute Gasteiger partial charge is 0.481 e. The van der Waals surface area contributed by atoms with Gasteiger partial charge in [0.25, 0.3) is 0 Å². The third-order valence-electron chi connectivity index (χ3n) is 3.80. The van der Waals surface area contributed by atoms with E-state index in [4.69, 9.17) is 9.47 Å². The Morgan fingerprint density at radius 1 is 1.19 bits per heavy atom. The van der Waals surface area contributed by atoms with Crippen LogP contribution in [-0.2, 0) is 20.9 Å². The molecule has 26 heavy (non-hydrogen) atoms. The Bertz CT molecular complexity index is 655. The van der Waals surface area contributed by atoms with Gasteiger partial charge in [0.05, 0.1) is 12.0 Å². The van der Waals surface area contributed by atoms with Gasteiger partial charge < -0.3 is 24.8 Å². The summed E-state index contributed by atoms with van der Waals surface area (Å²) in [6, 6.07) is 8.43. The number of alkyl carbamates (subject to hydrolysis) is 1. The van der Waals surface area contributed by atoms with Crippen LogP contribution in [0.25, 0.3) is 0 Å². The first-order chi connectivity index (χ1) is 12.2. The van der Waals surface area contributed by atoms with Gasteiger partial charge in [0, 0.05) is 13.1 Å². The van der Waals surface area contributed by atoms with Crippen LogP contribution in [0, 0.1) is 5.92 Å². The number of hydrogen-bond acceptors (Lipinski definition) is 5. The SMILES string of the molecule is CC(C)(C)OC(=O)N[C@H]1CN(C(=O)OCc2ccccc2)C[C@H]1C(=O)O. The molecular formula is C18H24N2O6. The number of benzene rings is 1. The molecule has 0 bridgehead atoms. The maximum absolute atomic E-state index is 12.2. The Hall–Kier alpha value is -2.77. The van der Waals surface area contributed by atoms with E-state index in [1.807, 2.05) is 30.3 Å². The zero-order valence-electron chi connectivity index (χ0n) is 15.1. The van der Waals surface area contributed by atoms with Crippen LogP contribution in [0.15, 0.2) is 30.3 Å². The number of carboxylic acids is 1. The third-order valence-corrected chi connectivity index (χ3v) is 3.80. The molecule has 1 aliphatic rings. The van der Waals surface area contributed by atoms with Gasteiger partial charge in [-0.25, -0.2) is 9.59 Å². The number of carboxylic acid groups (broad SMARTS) is 1. The van der Waals surface area contributed by atoms with Crippen LogP contribution >= 0.6 is 0 Å². The molecule has 0 radical (unpaired) electrons. The van der Waals surface area contributed by atoms with E-state index in [1.165, 1.54) is 4.90 Å². The molecule has 1 aromatic carbocycles. The maximum atomic E-state index is 12.2. The molecule has 2 rings (SSSR count). The molecule has 2 amide bonds. The zero-order chi connectivity index (χ0) is 19.3. The molecule has 142 valence electrons. The van der Waals surface area contributed by atoms with E-state index < -0.39 is 35.7 Å². The van der Waals surface area contributed by atoms with Crippen molar-refractivity contribution >= 4 is 18.2 Å². The fraction of sp³-hybridized carbons (Fsp3) is 0.500. The van der Waals surface area contributed by atoms with Gasteiger partial charge in [-0.1, -0.05) is 30.3 Å². The van der Waals surface area contributed by atoms with Gasteiger partial charge in [0.2, 0.25) is 0 Å². The summed E-state index contributed by atoms with van der Waals surface area (Å²) in [6.45, 7) is 5.24. The number of rotatable bonds is 4. The Labute approximate surface area is 152 Å². The number of ether oxygens (including phenoxy) is 2. The topological polar surface area (TPSA) is 105 Å². The molecule has 1 aliphatic heterocycles. The lowest BCUT2D eigenvalue weighted by Crippen LogP contribution is -2.45. The normalized spacial score (nSPS) is 19.7. The van der Waals surface area contributed by atoms with Crippen LogP contribution in [0.2, 0.25) is 0 Å². The van der Waals surface area contributed by atoms with Gasteiger partial charge in [-0.3, -0.25) is 4.79 Å². The molecule has 0 spiro atoms. The molecule has 0 aliphatic carbocycles. The lowest BCUT2D eigenvalue weighted by atomic mass is 10.0. The fourth-order valence-electron chi connectivity index (χ4n) is 2.62. The van der Waals surface area contributed by atoms with Gasteiger partial charge in [-0.15, -0.1) is 0 Å². The molecule has 8 heteroatoms. The van der Waals surface area contributed by atoms with Crippen LogP contribution in [0.1, 0.15) is 26.3 Å². The first-order valence-corrected chi connectivity index (χ1v) is 8.33. The lowest BCUT2D eigenvalue weighted by Gasteiger charge is -2.23. The number of nitrogens with one attached hydrogen (secondary N) is 1. The van der Waals surface area contributed by atoms with Crippen molar-refractivity contribution in [2.24, 2.45) is 5.92 Å². The minimum Gasteiger partial charge on any atom is -0.481 e. The highest BCUT2D eigenvalue weighted by Crippen LogP contribution is 2.20. The Balaban J connectivity index is 1.93. The highest BCUT2D eigenvalue weighted by atomic mass is 16.6. The number of nitrogens with zero attached hydrogens (tertiary/aromatic N) is 1. The standard InChI is InChI=1S/C18H24N2O6/c1-18(2,3)26-16(23)19-14-10-20(9-13(14)15(21)22)17(24)25-11-12-7-5-4-6-8-12/h4-8,13-14H,9-11H2,1-3H3,(H,19,23)(H,21,22)/t13-,14+/m1/s1. The molecule has 0 unspecified atom stereocenters. The molecule has 2 N–H and O–H groups in total. The van der Waals surface area contributed by atoms with Crippen molar-refractivity contribution < 1.29 is 29.0 Å². The summed E-state index contributed by atoms with van der Waals surface area (Å²) in [6.07, 6.45) is -1.33. The molecular weight excluding hydrogens is 340 g/mol. The van der Waals surface area contributed by atoms with Gasteiger partial charge in [-0.2, -0.15) is 0 Å². The summed E-state index contributed by atoms with van der Waals surface area (Å²) in [5.74, 6) is -2.02. The van der Waals surface area contributed by atoms with Gasteiger partial charge in [0.1, 0.15) is 12.2 Å². The van der Waals surface area contributed by atoms with Crippen molar-refractivity contribution in [2.75, 3.05) is 13.1 Å². The van der Waals surface area contributed by atoms with Crippen LogP contribution in [0.4, 0.5) is 9.59 Å². The van der Waals surface area contributed by atoms with E-state index in [9.17, 15) is 19.5 Å². The number of carbonyl (C=O) groups excluding carboxylic acids is 2. The molecule has 0 aromatic heterocycles. The molecule has 8 nitrogen and oxygen atoms in total. The zero-order valence-corrected chi connectivity index (χ0v) is 15.1. The summed E-state index contributed by atoms with van der Waals surface area (Å²) in [4.78, 5) is 36.9. The number of aliphatic carboxylic acids is 1. The number of carbonyl (C=O) groups is 3. The van der Waals surface area contributed by atoms with Crippen molar-refractivity contribution in [3.63, 3.8) is 0 Å². The monoisotopic (exact) mass is 364 g/mol. The molecule has 1 aromatic rings. The smallest absolute Gasteiger partial charge is 0.410 e. The molecule has 2 atom stereocenters.